The molecule has 0 radical (unpaired) electrons. The van der Waals surface area contributed by atoms with Crippen molar-refractivity contribution in [3.05, 3.63) is 71.3 Å². The van der Waals surface area contributed by atoms with Crippen molar-refractivity contribution in [2.45, 2.75) is 38.8 Å². The van der Waals surface area contributed by atoms with Crippen LogP contribution in [0, 0.1) is 11.8 Å². The number of fused-ring (bicyclic) bond motifs is 1. The van der Waals surface area contributed by atoms with Gasteiger partial charge in [0.2, 0.25) is 5.91 Å². The fourth-order valence-corrected chi connectivity index (χ4v) is 3.51. The molecular weight excluding hydrogens is 298 g/mol. The SMILES string of the molecule is CC(C)[C@H](Cc1ccccc1)C(=O)N[C@H]1c2ccccc2C[C@H]1O. The topological polar surface area (TPSA) is 49.3 Å². The Balaban J connectivity index is 1.74. The molecule has 0 spiro atoms. The number of aliphatic hydroxyl groups excluding tert-OH is 1. The molecule has 2 aromatic rings. The molecule has 3 heteroatoms. The molecular formula is C21H25NO2. The van der Waals surface area contributed by atoms with E-state index in [9.17, 15) is 9.90 Å². The summed E-state index contributed by atoms with van der Waals surface area (Å²) >= 11 is 0. The van der Waals surface area contributed by atoms with E-state index in [4.69, 9.17) is 0 Å². The van der Waals surface area contributed by atoms with Crippen molar-refractivity contribution in [2.75, 3.05) is 0 Å². The number of benzene rings is 2. The number of hydrogen-bond acceptors (Lipinski definition) is 2. The van der Waals surface area contributed by atoms with Crippen LogP contribution in [0.4, 0.5) is 0 Å². The number of carbonyl (C=O) groups excluding carboxylic acids is 1. The van der Waals surface area contributed by atoms with Gasteiger partial charge in [0.25, 0.3) is 0 Å². The third-order valence-corrected chi connectivity index (χ3v) is 4.94. The molecule has 126 valence electrons. The molecule has 0 bridgehead atoms. The molecule has 1 aliphatic carbocycles. The highest BCUT2D eigenvalue weighted by Gasteiger charge is 2.34. The lowest BCUT2D eigenvalue weighted by molar-refractivity contribution is -0.127. The van der Waals surface area contributed by atoms with E-state index in [-0.39, 0.29) is 23.8 Å². The summed E-state index contributed by atoms with van der Waals surface area (Å²) in [5.41, 5.74) is 3.33. The predicted octanol–water partition coefficient (Wildman–Crippen LogP) is 3.28. The minimum absolute atomic E-state index is 0.0228. The van der Waals surface area contributed by atoms with Gasteiger partial charge >= 0.3 is 0 Å². The van der Waals surface area contributed by atoms with Crippen molar-refractivity contribution < 1.29 is 9.90 Å². The standard InChI is InChI=1S/C21H25NO2/c1-14(2)18(12-15-8-4-3-5-9-15)21(24)22-20-17-11-7-6-10-16(17)13-19(20)23/h3-11,14,18-20,23H,12-13H2,1-2H3,(H,22,24)/t18-,19+,20-/m0/s1. The molecule has 0 aromatic heterocycles. The molecule has 2 aromatic carbocycles. The van der Waals surface area contributed by atoms with Gasteiger partial charge in [0.05, 0.1) is 12.1 Å². The van der Waals surface area contributed by atoms with Crippen molar-refractivity contribution >= 4 is 5.91 Å². The van der Waals surface area contributed by atoms with Gasteiger partial charge in [-0.25, -0.2) is 0 Å². The van der Waals surface area contributed by atoms with Gasteiger partial charge in [0, 0.05) is 12.3 Å². The van der Waals surface area contributed by atoms with E-state index < -0.39 is 6.10 Å². The molecule has 0 heterocycles. The van der Waals surface area contributed by atoms with Gasteiger partial charge in [-0.1, -0.05) is 68.4 Å². The molecule has 0 fully saturated rings. The first-order valence-electron chi connectivity index (χ1n) is 8.66. The number of nitrogens with one attached hydrogen (secondary N) is 1. The first-order chi connectivity index (χ1) is 11.6. The van der Waals surface area contributed by atoms with E-state index in [1.165, 1.54) is 5.56 Å². The summed E-state index contributed by atoms with van der Waals surface area (Å²) in [7, 11) is 0. The molecule has 1 aliphatic rings. The summed E-state index contributed by atoms with van der Waals surface area (Å²) in [5, 5.41) is 13.5. The van der Waals surface area contributed by atoms with Crippen LogP contribution in [0.3, 0.4) is 0 Å². The van der Waals surface area contributed by atoms with Gasteiger partial charge in [-0.05, 0) is 29.0 Å². The Morgan fingerprint density at radius 1 is 1.12 bits per heavy atom. The average Bonchev–Trinajstić information content (AvgIpc) is 2.89. The molecule has 3 rings (SSSR count). The molecule has 3 atom stereocenters. The Morgan fingerprint density at radius 3 is 2.50 bits per heavy atom. The summed E-state index contributed by atoms with van der Waals surface area (Å²) in [6, 6.07) is 17.8. The Morgan fingerprint density at radius 2 is 1.79 bits per heavy atom. The van der Waals surface area contributed by atoms with Gasteiger partial charge in [0.1, 0.15) is 0 Å². The van der Waals surface area contributed by atoms with Crippen LogP contribution >= 0.6 is 0 Å². The number of hydrogen-bond donors (Lipinski definition) is 2. The van der Waals surface area contributed by atoms with Crippen LogP contribution in [0.1, 0.15) is 36.6 Å². The van der Waals surface area contributed by atoms with Crippen LogP contribution in [-0.4, -0.2) is 17.1 Å². The maximum Gasteiger partial charge on any atom is 0.224 e. The second-order valence-corrected chi connectivity index (χ2v) is 7.00. The lowest BCUT2D eigenvalue weighted by Crippen LogP contribution is -2.40. The normalized spacial score (nSPS) is 20.7. The summed E-state index contributed by atoms with van der Waals surface area (Å²) in [5.74, 6) is 0.154. The maximum atomic E-state index is 12.9. The Bertz CT molecular complexity index is 696. The number of aliphatic hydroxyl groups is 1. The summed E-state index contributed by atoms with van der Waals surface area (Å²) in [6.07, 6.45) is 0.775. The third-order valence-electron chi connectivity index (χ3n) is 4.94. The van der Waals surface area contributed by atoms with E-state index in [1.807, 2.05) is 42.5 Å². The molecule has 2 N–H and O–H groups in total. The highest BCUT2D eigenvalue weighted by atomic mass is 16.3. The zero-order chi connectivity index (χ0) is 17.1. The van der Waals surface area contributed by atoms with E-state index >= 15 is 0 Å². The molecule has 3 nitrogen and oxygen atoms in total. The zero-order valence-electron chi connectivity index (χ0n) is 14.3. The highest BCUT2D eigenvalue weighted by Crippen LogP contribution is 2.32. The average molecular weight is 323 g/mol. The van der Waals surface area contributed by atoms with Crippen LogP contribution in [-0.2, 0) is 17.6 Å². The first-order valence-corrected chi connectivity index (χ1v) is 8.66. The van der Waals surface area contributed by atoms with Gasteiger partial charge in [-0.15, -0.1) is 0 Å². The van der Waals surface area contributed by atoms with E-state index in [0.717, 1.165) is 17.5 Å². The van der Waals surface area contributed by atoms with E-state index in [2.05, 4.69) is 31.3 Å². The smallest absolute Gasteiger partial charge is 0.224 e. The second-order valence-electron chi connectivity index (χ2n) is 7.00. The van der Waals surface area contributed by atoms with Crippen LogP contribution < -0.4 is 5.32 Å². The zero-order valence-corrected chi connectivity index (χ0v) is 14.3. The lowest BCUT2D eigenvalue weighted by Gasteiger charge is -2.25. The monoisotopic (exact) mass is 323 g/mol. The molecule has 0 aliphatic heterocycles. The van der Waals surface area contributed by atoms with Crippen molar-refractivity contribution in [3.8, 4) is 0 Å². The fourth-order valence-electron chi connectivity index (χ4n) is 3.51. The third kappa shape index (κ3) is 3.51. The van der Waals surface area contributed by atoms with Crippen molar-refractivity contribution in [2.24, 2.45) is 11.8 Å². The summed E-state index contributed by atoms with van der Waals surface area (Å²) < 4.78 is 0. The predicted molar refractivity (Wildman–Crippen MR) is 95.5 cm³/mol. The fraction of sp³-hybridized carbons (Fsp3) is 0.381. The quantitative estimate of drug-likeness (QED) is 0.887. The van der Waals surface area contributed by atoms with Crippen LogP contribution in [0.5, 0.6) is 0 Å². The molecule has 0 saturated carbocycles. The number of carbonyl (C=O) groups is 1. The number of rotatable bonds is 5. The lowest BCUT2D eigenvalue weighted by atomic mass is 9.88. The Hall–Kier alpha value is -2.13. The van der Waals surface area contributed by atoms with E-state index in [0.29, 0.717) is 6.42 Å². The van der Waals surface area contributed by atoms with Crippen molar-refractivity contribution in [1.29, 1.82) is 0 Å². The van der Waals surface area contributed by atoms with Crippen LogP contribution in [0.25, 0.3) is 0 Å². The second kappa shape index (κ2) is 7.18. The van der Waals surface area contributed by atoms with Gasteiger partial charge in [-0.3, -0.25) is 4.79 Å². The minimum Gasteiger partial charge on any atom is -0.390 e. The molecule has 1 amide bonds. The summed E-state index contributed by atoms with van der Waals surface area (Å²) in [4.78, 5) is 12.9. The largest absolute Gasteiger partial charge is 0.390 e. The summed E-state index contributed by atoms with van der Waals surface area (Å²) in [6.45, 7) is 4.15. The maximum absolute atomic E-state index is 12.9. The van der Waals surface area contributed by atoms with Crippen LogP contribution in [0.15, 0.2) is 54.6 Å². The highest BCUT2D eigenvalue weighted by molar-refractivity contribution is 5.80. The van der Waals surface area contributed by atoms with Crippen LogP contribution in [0.2, 0.25) is 0 Å². The Kier molecular flexibility index (Phi) is 5.00. The number of amides is 1. The van der Waals surface area contributed by atoms with Gasteiger partial charge in [0.15, 0.2) is 0 Å². The molecule has 0 saturated heterocycles. The minimum atomic E-state index is -0.545. The van der Waals surface area contributed by atoms with E-state index in [1.54, 1.807) is 0 Å². The van der Waals surface area contributed by atoms with Gasteiger partial charge < -0.3 is 10.4 Å². The molecule has 0 unspecified atom stereocenters. The first kappa shape index (κ1) is 16.7. The molecule has 24 heavy (non-hydrogen) atoms. The van der Waals surface area contributed by atoms with Crippen molar-refractivity contribution in [1.82, 2.24) is 5.32 Å². The Labute approximate surface area is 143 Å². The van der Waals surface area contributed by atoms with Crippen molar-refractivity contribution in [3.63, 3.8) is 0 Å². The van der Waals surface area contributed by atoms with Gasteiger partial charge in [-0.2, -0.15) is 0 Å².